The first-order valence-corrected chi connectivity index (χ1v) is 12.3. The van der Waals surface area contributed by atoms with E-state index >= 15 is 0 Å². The van der Waals surface area contributed by atoms with Crippen LogP contribution in [0.5, 0.6) is 23.0 Å². The lowest BCUT2D eigenvalue weighted by atomic mass is 9.86. The average Bonchev–Trinajstić information content (AvgIpc) is 2.85. The van der Waals surface area contributed by atoms with Crippen molar-refractivity contribution in [1.82, 2.24) is 4.90 Å². The van der Waals surface area contributed by atoms with Crippen molar-refractivity contribution in [2.45, 2.75) is 26.4 Å². The van der Waals surface area contributed by atoms with E-state index in [0.717, 1.165) is 59.1 Å². The summed E-state index contributed by atoms with van der Waals surface area (Å²) in [7, 11) is 0. The Balaban J connectivity index is 1.42. The van der Waals surface area contributed by atoms with Crippen molar-refractivity contribution in [3.8, 4) is 23.0 Å². The molecule has 0 spiro atoms. The van der Waals surface area contributed by atoms with Crippen LogP contribution in [0.15, 0.2) is 60.7 Å². The maximum atomic E-state index is 10.3. The third-order valence-electron chi connectivity index (χ3n) is 7.14. The number of hydrogen-bond donors (Lipinski definition) is 2. The summed E-state index contributed by atoms with van der Waals surface area (Å²) in [6.45, 7) is 15.5. The molecule has 3 aromatic rings. The van der Waals surface area contributed by atoms with Gasteiger partial charge in [-0.2, -0.15) is 0 Å². The molecule has 2 aliphatic rings. The van der Waals surface area contributed by atoms with Crippen LogP contribution in [0, 0.1) is 12.5 Å². The van der Waals surface area contributed by atoms with Crippen molar-refractivity contribution in [3.63, 3.8) is 0 Å². The van der Waals surface area contributed by atoms with Gasteiger partial charge in [-0.15, -0.1) is 0 Å². The molecule has 2 aliphatic heterocycles. The lowest BCUT2D eigenvalue weighted by Gasteiger charge is -2.38. The van der Waals surface area contributed by atoms with Crippen LogP contribution in [0.1, 0.15) is 43.1 Å². The fourth-order valence-corrected chi connectivity index (χ4v) is 4.99. The maximum absolute atomic E-state index is 10.3. The van der Waals surface area contributed by atoms with Crippen molar-refractivity contribution in [2.24, 2.45) is 5.92 Å². The molecule has 1 atom stereocenters. The minimum atomic E-state index is -0.455. The second kappa shape index (κ2) is 9.96. The maximum Gasteiger partial charge on any atom is 0.231 e. The molecule has 6 heteroatoms. The summed E-state index contributed by atoms with van der Waals surface area (Å²) in [6.07, 6.45) is 0.786. The first kappa shape index (κ1) is 23.8. The van der Waals surface area contributed by atoms with E-state index in [1.165, 1.54) is 6.42 Å². The molecular weight excluding hydrogens is 452 g/mol. The van der Waals surface area contributed by atoms with E-state index in [1.807, 2.05) is 37.3 Å². The van der Waals surface area contributed by atoms with E-state index in [-0.39, 0.29) is 17.2 Å². The Labute approximate surface area is 211 Å². The summed E-state index contributed by atoms with van der Waals surface area (Å²) in [5, 5.41) is 20.4. The van der Waals surface area contributed by atoms with Gasteiger partial charge in [0, 0.05) is 30.8 Å². The Bertz CT molecular complexity index is 1330. The number of nitrogens with zero attached hydrogens (tertiary/aromatic N) is 2. The molecule has 0 bridgehead atoms. The van der Waals surface area contributed by atoms with Gasteiger partial charge in [-0.3, -0.25) is 4.90 Å². The highest BCUT2D eigenvalue weighted by atomic mass is 16.5. The molecule has 0 radical (unpaired) electrons. The summed E-state index contributed by atoms with van der Waals surface area (Å²) in [4.78, 5) is 5.83. The van der Waals surface area contributed by atoms with E-state index < -0.39 is 6.10 Å². The third kappa shape index (κ3) is 4.62. The molecule has 0 aromatic heterocycles. The number of benzene rings is 3. The van der Waals surface area contributed by atoms with Gasteiger partial charge in [-0.25, -0.2) is 4.85 Å². The van der Waals surface area contributed by atoms with Gasteiger partial charge in [0.1, 0.15) is 35.7 Å². The van der Waals surface area contributed by atoms with Gasteiger partial charge in [0.05, 0.1) is 6.57 Å². The van der Waals surface area contributed by atoms with Crippen LogP contribution in [0.25, 0.3) is 16.0 Å². The lowest BCUT2D eigenvalue weighted by Crippen LogP contribution is -2.47. The van der Waals surface area contributed by atoms with Gasteiger partial charge >= 0.3 is 0 Å². The smallest absolute Gasteiger partial charge is 0.231 e. The number of aromatic hydroxyl groups is 2. The Hall–Kier alpha value is -3.95. The summed E-state index contributed by atoms with van der Waals surface area (Å²) >= 11 is 0. The number of hydrogen-bond acceptors (Lipinski definition) is 5. The monoisotopic (exact) mass is 482 g/mol. The van der Waals surface area contributed by atoms with Crippen LogP contribution < -0.4 is 9.47 Å². The molecule has 0 unspecified atom stereocenters. The van der Waals surface area contributed by atoms with Crippen molar-refractivity contribution >= 4 is 16.8 Å². The fraction of sp³-hybridized carbons (Fsp3) is 0.300. The highest BCUT2D eigenvalue weighted by Crippen LogP contribution is 2.49. The van der Waals surface area contributed by atoms with Crippen molar-refractivity contribution < 1.29 is 19.7 Å². The second-order valence-electron chi connectivity index (χ2n) is 9.49. The minimum absolute atomic E-state index is 0.0784. The lowest BCUT2D eigenvalue weighted by molar-refractivity contribution is 0.0806. The Kier molecular flexibility index (Phi) is 6.58. The summed E-state index contributed by atoms with van der Waals surface area (Å²) in [5.41, 5.74) is 4.45. The van der Waals surface area contributed by atoms with E-state index in [2.05, 4.69) is 16.7 Å². The molecule has 5 rings (SSSR count). The molecule has 36 heavy (non-hydrogen) atoms. The third-order valence-corrected chi connectivity index (χ3v) is 7.14. The first-order chi connectivity index (χ1) is 17.5. The van der Waals surface area contributed by atoms with Crippen LogP contribution >= 0.6 is 0 Å². The molecule has 1 fully saturated rings. The molecule has 2 heterocycles. The number of allylic oxidation sites excluding steroid dienone is 1. The zero-order valence-corrected chi connectivity index (χ0v) is 20.6. The average molecular weight is 483 g/mol. The highest BCUT2D eigenvalue weighted by molar-refractivity contribution is 5.96. The molecule has 184 valence electrons. The van der Waals surface area contributed by atoms with Crippen LogP contribution in [0.3, 0.4) is 0 Å². The molecule has 2 N–H and O–H groups in total. The van der Waals surface area contributed by atoms with E-state index in [4.69, 9.17) is 16.0 Å². The SMILES string of the molecule is [C-]#[N+]c1cc2c(cc1O)C(C)=C(c1cccc(O)c1)[C@@H](c1ccc(OCCN3CC(CC)C3)cc1)O2. The number of ether oxygens (including phenoxy) is 2. The van der Waals surface area contributed by atoms with Crippen LogP contribution in [-0.2, 0) is 0 Å². The molecule has 1 saturated heterocycles. The van der Waals surface area contributed by atoms with Gasteiger partial charge in [-0.05, 0) is 65.9 Å². The fourth-order valence-electron chi connectivity index (χ4n) is 4.99. The predicted octanol–water partition coefficient (Wildman–Crippen LogP) is 6.43. The molecule has 0 amide bonds. The second-order valence-corrected chi connectivity index (χ2v) is 9.49. The number of rotatable bonds is 7. The first-order valence-electron chi connectivity index (χ1n) is 12.3. The van der Waals surface area contributed by atoms with E-state index in [0.29, 0.717) is 12.4 Å². The van der Waals surface area contributed by atoms with Crippen molar-refractivity contribution in [2.75, 3.05) is 26.2 Å². The van der Waals surface area contributed by atoms with Crippen molar-refractivity contribution in [1.29, 1.82) is 0 Å². The van der Waals surface area contributed by atoms with Crippen LogP contribution in [0.4, 0.5) is 5.69 Å². The number of fused-ring (bicyclic) bond motifs is 1. The van der Waals surface area contributed by atoms with E-state index in [1.54, 1.807) is 30.3 Å². The van der Waals surface area contributed by atoms with Gasteiger partial charge in [-0.1, -0.05) is 37.6 Å². The Morgan fingerprint density at radius 3 is 2.56 bits per heavy atom. The summed E-state index contributed by atoms with van der Waals surface area (Å²) in [6, 6.07) is 18.1. The molecule has 0 aliphatic carbocycles. The van der Waals surface area contributed by atoms with Gasteiger partial charge in [0.15, 0.2) is 0 Å². The van der Waals surface area contributed by atoms with Crippen LogP contribution in [-0.4, -0.2) is 41.4 Å². The molecule has 6 nitrogen and oxygen atoms in total. The zero-order valence-electron chi connectivity index (χ0n) is 20.6. The molecule has 0 saturated carbocycles. The summed E-state index contributed by atoms with van der Waals surface area (Å²) < 4.78 is 12.4. The Morgan fingerprint density at radius 2 is 1.86 bits per heavy atom. The Morgan fingerprint density at radius 1 is 1.08 bits per heavy atom. The van der Waals surface area contributed by atoms with E-state index in [9.17, 15) is 10.2 Å². The standard InChI is InChI=1S/C30H30N2O4/c1-4-20-17-32(18-20)12-13-35-24-10-8-21(9-11-24)30-29(22-6-5-7-23(33)14-22)19(2)25-15-27(34)26(31-3)16-28(25)36-30/h5-11,14-16,20,30,33-34H,4,12-13,17-18H2,1-2H3/t30-/m1/s1. The van der Waals surface area contributed by atoms with Gasteiger partial charge in [0.25, 0.3) is 0 Å². The quantitative estimate of drug-likeness (QED) is 0.380. The molecule has 3 aromatic carbocycles. The topological polar surface area (TPSA) is 66.5 Å². The predicted molar refractivity (Wildman–Crippen MR) is 140 cm³/mol. The van der Waals surface area contributed by atoms with Crippen molar-refractivity contribution in [3.05, 3.63) is 88.8 Å². The highest BCUT2D eigenvalue weighted by Gasteiger charge is 2.30. The van der Waals surface area contributed by atoms with Crippen LogP contribution in [0.2, 0.25) is 0 Å². The largest absolute Gasteiger partial charge is 0.519 e. The number of phenolic OH excluding ortho intramolecular Hbond substituents is 2. The number of phenols is 2. The summed E-state index contributed by atoms with van der Waals surface area (Å²) in [5.74, 6) is 2.27. The van der Waals surface area contributed by atoms with Gasteiger partial charge < -0.3 is 19.7 Å². The normalized spacial score (nSPS) is 17.6. The minimum Gasteiger partial charge on any atom is -0.519 e. The molecular formula is C30H30N2O4. The van der Waals surface area contributed by atoms with Gasteiger partial charge in [0.2, 0.25) is 5.69 Å². The number of likely N-dealkylation sites (tertiary alicyclic amines) is 1. The zero-order chi connectivity index (χ0) is 25.2.